The van der Waals surface area contributed by atoms with Crippen LogP contribution in [0.1, 0.15) is 70.3 Å². The molecule has 0 radical (unpaired) electrons. The number of alkyl halides is 4. The van der Waals surface area contributed by atoms with E-state index in [4.69, 9.17) is 0 Å². The van der Waals surface area contributed by atoms with E-state index in [2.05, 4.69) is 0 Å². The summed E-state index contributed by atoms with van der Waals surface area (Å²) in [4.78, 5) is 12.3. The Morgan fingerprint density at radius 1 is 1.03 bits per heavy atom. The van der Waals surface area contributed by atoms with Crippen LogP contribution in [0.25, 0.3) is 0 Å². The van der Waals surface area contributed by atoms with E-state index in [9.17, 15) is 27.1 Å². The van der Waals surface area contributed by atoms with Gasteiger partial charge in [0.05, 0.1) is 4.90 Å². The molecule has 5 atom stereocenters. The van der Waals surface area contributed by atoms with Gasteiger partial charge in [-0.1, -0.05) is 24.6 Å². The Hall–Kier alpha value is -2.00. The van der Waals surface area contributed by atoms with Crippen molar-refractivity contribution in [1.82, 2.24) is 0 Å². The number of ketones is 1. The first-order valence-corrected chi connectivity index (χ1v) is 14.7. The zero-order valence-electron chi connectivity index (χ0n) is 21.2. The number of sulfone groups is 1. The first-order valence-electron chi connectivity index (χ1n) is 12.8. The van der Waals surface area contributed by atoms with Gasteiger partial charge in [0, 0.05) is 30.9 Å². The van der Waals surface area contributed by atoms with Crippen LogP contribution >= 0.6 is 0 Å². The molecule has 4 aliphatic rings. The summed E-state index contributed by atoms with van der Waals surface area (Å²) < 4.78 is 83.3. The number of hydrogen-bond acceptors (Lipinski definition) is 4. The summed E-state index contributed by atoms with van der Waals surface area (Å²) in [6.45, 7) is 1.69. The summed E-state index contributed by atoms with van der Waals surface area (Å²) >= 11 is 0. The molecule has 0 bridgehead atoms. The lowest BCUT2D eigenvalue weighted by Crippen LogP contribution is -2.65. The second-order valence-corrected chi connectivity index (χ2v) is 13.7. The van der Waals surface area contributed by atoms with Crippen molar-refractivity contribution < 1.29 is 35.9 Å². The third kappa shape index (κ3) is 3.78. The molecule has 5 rings (SSSR count). The molecule has 1 aromatic rings. The van der Waals surface area contributed by atoms with E-state index in [0.29, 0.717) is 31.2 Å². The van der Waals surface area contributed by atoms with Gasteiger partial charge in [-0.25, -0.2) is 17.2 Å². The van der Waals surface area contributed by atoms with Gasteiger partial charge in [0.25, 0.3) is 0 Å². The van der Waals surface area contributed by atoms with Crippen molar-refractivity contribution in [3.63, 3.8) is 0 Å². The van der Waals surface area contributed by atoms with Crippen LogP contribution in [-0.4, -0.2) is 43.0 Å². The quantitative estimate of drug-likeness (QED) is 0.475. The molecule has 2 saturated carbocycles. The van der Waals surface area contributed by atoms with E-state index in [0.717, 1.165) is 23.0 Å². The average molecular weight is 541 g/mol. The number of benzene rings is 1. The molecule has 1 aromatic carbocycles. The van der Waals surface area contributed by atoms with Crippen molar-refractivity contribution in [1.29, 1.82) is 0 Å². The Balaban J connectivity index is 1.69. The van der Waals surface area contributed by atoms with E-state index < -0.39 is 51.0 Å². The second-order valence-electron chi connectivity index (χ2n) is 11.7. The van der Waals surface area contributed by atoms with Crippen LogP contribution in [-0.2, 0) is 14.6 Å². The third-order valence-electron chi connectivity index (χ3n) is 9.67. The molecule has 4 aliphatic carbocycles. The number of aliphatic hydroxyl groups is 1. The smallest absolute Gasteiger partial charge is 0.338 e. The summed E-state index contributed by atoms with van der Waals surface area (Å²) in [6.07, 6.45) is 4.62. The van der Waals surface area contributed by atoms with Crippen molar-refractivity contribution in [2.45, 2.75) is 87.1 Å². The largest absolute Gasteiger partial charge is 0.383 e. The number of fused-ring (bicyclic) bond motifs is 4. The van der Waals surface area contributed by atoms with Crippen molar-refractivity contribution in [2.24, 2.45) is 17.3 Å². The lowest BCUT2D eigenvalue weighted by Gasteiger charge is -2.56. The monoisotopic (exact) mass is 540 g/mol. The Labute approximate surface area is 214 Å². The first kappa shape index (κ1) is 26.6. The number of carbonyl (C=O) groups is 1. The molecule has 0 spiro atoms. The fourth-order valence-corrected chi connectivity index (χ4v) is 8.42. The maximum atomic E-state index is 15.4. The van der Waals surface area contributed by atoms with Crippen LogP contribution in [0.5, 0.6) is 0 Å². The maximum Gasteiger partial charge on any atom is 0.338 e. The van der Waals surface area contributed by atoms with Crippen LogP contribution < -0.4 is 0 Å². The van der Waals surface area contributed by atoms with Crippen molar-refractivity contribution >= 4 is 15.6 Å². The van der Waals surface area contributed by atoms with Crippen LogP contribution in [0.3, 0.4) is 0 Å². The minimum absolute atomic E-state index is 0.0224. The summed E-state index contributed by atoms with van der Waals surface area (Å²) in [5, 5.41) is 11.5. The molecule has 0 aliphatic heterocycles. The van der Waals surface area contributed by atoms with Crippen LogP contribution in [0.4, 0.5) is 17.6 Å². The zero-order valence-corrected chi connectivity index (χ0v) is 22.0. The molecule has 37 heavy (non-hydrogen) atoms. The van der Waals surface area contributed by atoms with Gasteiger partial charge in [0.1, 0.15) is 5.60 Å². The molecular formula is C28H32F4O4S. The number of halogens is 4. The van der Waals surface area contributed by atoms with E-state index in [1.165, 1.54) is 19.1 Å². The van der Waals surface area contributed by atoms with Crippen molar-refractivity contribution in [2.75, 3.05) is 6.26 Å². The molecule has 9 heteroatoms. The van der Waals surface area contributed by atoms with Gasteiger partial charge in [0.2, 0.25) is 0 Å². The highest BCUT2D eigenvalue weighted by molar-refractivity contribution is 7.90. The average Bonchev–Trinajstić information content (AvgIpc) is 3.09. The van der Waals surface area contributed by atoms with E-state index in [-0.39, 0.29) is 36.4 Å². The van der Waals surface area contributed by atoms with Gasteiger partial charge >= 0.3 is 11.8 Å². The second kappa shape index (κ2) is 8.25. The Bertz CT molecular complexity index is 1310. The highest BCUT2D eigenvalue weighted by Crippen LogP contribution is 2.70. The number of rotatable bonds is 4. The lowest BCUT2D eigenvalue weighted by atomic mass is 9.50. The summed E-state index contributed by atoms with van der Waals surface area (Å²) in [6, 6.07) is 6.25. The standard InChI is InChI=1S/C28H32F4O4S/c1-25-15-22(16-4-8-19(9-5-16)37(3,35)36)24-20-11-7-18(33)14-17(20)6-10-21(24)23(25)12-13-27(25,34)28(31,32)26(2,29)30/h4-5,8-9,14,21-23,34H,6-7,10-13,15H2,1-3H3/t21?,22-,23?,25+,27+/m1/s1. The Morgan fingerprint density at radius 3 is 2.27 bits per heavy atom. The first-order chi connectivity index (χ1) is 17.0. The Kier molecular flexibility index (Phi) is 5.93. The topological polar surface area (TPSA) is 71.4 Å². The van der Waals surface area contributed by atoms with Crippen molar-refractivity contribution in [3.8, 4) is 0 Å². The minimum atomic E-state index is -4.63. The molecule has 1 N–H and O–H groups in total. The number of hydrogen-bond donors (Lipinski definition) is 1. The lowest BCUT2D eigenvalue weighted by molar-refractivity contribution is -0.315. The fourth-order valence-electron chi connectivity index (χ4n) is 7.79. The predicted molar refractivity (Wildman–Crippen MR) is 130 cm³/mol. The van der Waals surface area contributed by atoms with Gasteiger partial charge in [-0.15, -0.1) is 0 Å². The normalized spacial score (nSPS) is 34.5. The molecule has 0 saturated heterocycles. The minimum Gasteiger partial charge on any atom is -0.383 e. The summed E-state index contributed by atoms with van der Waals surface area (Å²) in [7, 11) is -3.46. The van der Waals surface area contributed by atoms with E-state index in [1.54, 1.807) is 18.2 Å². The molecule has 0 aromatic heterocycles. The molecule has 0 amide bonds. The highest BCUT2D eigenvalue weighted by atomic mass is 32.2. The van der Waals surface area contributed by atoms with Crippen LogP contribution in [0, 0.1) is 17.3 Å². The third-order valence-corrected chi connectivity index (χ3v) is 10.8. The molecule has 0 heterocycles. The van der Waals surface area contributed by atoms with Gasteiger partial charge in [-0.05, 0) is 85.3 Å². The van der Waals surface area contributed by atoms with Gasteiger partial charge in [-0.2, -0.15) is 8.78 Å². The van der Waals surface area contributed by atoms with E-state index >= 15 is 8.78 Å². The molecule has 202 valence electrons. The van der Waals surface area contributed by atoms with Gasteiger partial charge in [0.15, 0.2) is 15.6 Å². The van der Waals surface area contributed by atoms with Gasteiger partial charge < -0.3 is 5.11 Å². The van der Waals surface area contributed by atoms with Gasteiger partial charge in [-0.3, -0.25) is 4.79 Å². The maximum absolute atomic E-state index is 15.4. The molecule has 4 nitrogen and oxygen atoms in total. The molecule has 2 fully saturated rings. The predicted octanol–water partition coefficient (Wildman–Crippen LogP) is 6.01. The highest BCUT2D eigenvalue weighted by Gasteiger charge is 2.76. The Morgan fingerprint density at radius 2 is 1.68 bits per heavy atom. The summed E-state index contributed by atoms with van der Waals surface area (Å²) in [5.41, 5.74) is -0.686. The van der Waals surface area contributed by atoms with Crippen LogP contribution in [0.2, 0.25) is 0 Å². The molecular weight excluding hydrogens is 508 g/mol. The SMILES string of the molecule is CC(F)(F)C(F)(F)[C@]1(O)CCC2C3CCC4=CC(=O)CCC4=C3[C@@H](c3ccc(S(C)(=O)=O)cc3)C[C@@]21C. The zero-order chi connectivity index (χ0) is 27.2. The van der Waals surface area contributed by atoms with E-state index in [1.807, 2.05) is 0 Å². The van der Waals surface area contributed by atoms with Crippen LogP contribution in [0.15, 0.2) is 52.0 Å². The fraction of sp³-hybridized carbons (Fsp3) is 0.607. The molecule has 2 unspecified atom stereocenters. The number of carbonyl (C=O) groups excluding carboxylic acids is 1. The summed E-state index contributed by atoms with van der Waals surface area (Å²) in [5.74, 6) is -10.1. The van der Waals surface area contributed by atoms with Crippen molar-refractivity contribution in [3.05, 3.63) is 52.6 Å². The number of allylic oxidation sites excluding steroid dienone is 4.